The van der Waals surface area contributed by atoms with Crippen molar-refractivity contribution in [2.45, 2.75) is 13.0 Å². The summed E-state index contributed by atoms with van der Waals surface area (Å²) in [5.74, 6) is -0.902. The average Bonchev–Trinajstić information content (AvgIpc) is 2.37. The lowest BCUT2D eigenvalue weighted by atomic mass is 10.0. The van der Waals surface area contributed by atoms with Crippen molar-refractivity contribution in [3.05, 3.63) is 64.1 Å². The number of para-hydroxylation sites is 1. The Balaban J connectivity index is 2.32. The topological polar surface area (TPSA) is 49.3 Å². The SMILES string of the molecule is Cc1cccc(C(Nc2ccccc2Br)C(=O)O)c1. The number of aryl methyl sites for hydroxylation is 1. The lowest BCUT2D eigenvalue weighted by Crippen LogP contribution is -2.20. The molecular formula is C15H14BrNO2. The lowest BCUT2D eigenvalue weighted by molar-refractivity contribution is -0.138. The van der Waals surface area contributed by atoms with Gasteiger partial charge in [0.25, 0.3) is 0 Å². The molecule has 0 amide bonds. The highest BCUT2D eigenvalue weighted by atomic mass is 79.9. The molecule has 98 valence electrons. The predicted octanol–water partition coefficient (Wildman–Crippen LogP) is 4.00. The molecule has 0 aliphatic rings. The highest BCUT2D eigenvalue weighted by Gasteiger charge is 2.20. The summed E-state index contributed by atoms with van der Waals surface area (Å²) in [6.45, 7) is 1.95. The molecule has 0 bridgehead atoms. The molecule has 3 nitrogen and oxygen atoms in total. The normalized spacial score (nSPS) is 11.9. The zero-order valence-corrected chi connectivity index (χ0v) is 12.0. The number of hydrogen-bond acceptors (Lipinski definition) is 2. The quantitative estimate of drug-likeness (QED) is 0.895. The number of hydrogen-bond donors (Lipinski definition) is 2. The van der Waals surface area contributed by atoms with E-state index < -0.39 is 12.0 Å². The molecule has 0 heterocycles. The molecule has 1 unspecified atom stereocenters. The van der Waals surface area contributed by atoms with Crippen LogP contribution in [0, 0.1) is 6.92 Å². The Labute approximate surface area is 120 Å². The molecule has 0 saturated carbocycles. The number of anilines is 1. The Hall–Kier alpha value is -1.81. The van der Waals surface area contributed by atoms with Gasteiger partial charge in [0.05, 0.1) is 0 Å². The van der Waals surface area contributed by atoms with Gasteiger partial charge in [0, 0.05) is 10.2 Å². The number of nitrogens with one attached hydrogen (secondary N) is 1. The van der Waals surface area contributed by atoms with Crippen LogP contribution in [0.25, 0.3) is 0 Å². The molecule has 4 heteroatoms. The van der Waals surface area contributed by atoms with Crippen molar-refractivity contribution >= 4 is 27.6 Å². The van der Waals surface area contributed by atoms with E-state index in [2.05, 4.69) is 21.2 Å². The Bertz CT molecular complexity index is 598. The van der Waals surface area contributed by atoms with Crippen LogP contribution in [0.3, 0.4) is 0 Å². The molecule has 2 rings (SSSR count). The second-order valence-corrected chi connectivity index (χ2v) is 5.16. The van der Waals surface area contributed by atoms with E-state index in [0.29, 0.717) is 0 Å². The van der Waals surface area contributed by atoms with Crippen molar-refractivity contribution in [1.82, 2.24) is 0 Å². The summed E-state index contributed by atoms with van der Waals surface area (Å²) in [7, 11) is 0. The van der Waals surface area contributed by atoms with Gasteiger partial charge in [-0.05, 0) is 40.5 Å². The summed E-state index contributed by atoms with van der Waals surface area (Å²) in [6.07, 6.45) is 0. The highest BCUT2D eigenvalue weighted by molar-refractivity contribution is 9.10. The third-order valence-corrected chi connectivity index (χ3v) is 3.49. The molecule has 0 spiro atoms. The minimum atomic E-state index is -0.902. The van der Waals surface area contributed by atoms with Crippen molar-refractivity contribution in [3.63, 3.8) is 0 Å². The van der Waals surface area contributed by atoms with Gasteiger partial charge < -0.3 is 10.4 Å². The third-order valence-electron chi connectivity index (χ3n) is 2.80. The molecule has 0 aliphatic carbocycles. The Morgan fingerprint density at radius 2 is 1.95 bits per heavy atom. The lowest BCUT2D eigenvalue weighted by Gasteiger charge is -2.17. The second kappa shape index (κ2) is 5.89. The highest BCUT2D eigenvalue weighted by Crippen LogP contribution is 2.26. The van der Waals surface area contributed by atoms with Crippen LogP contribution in [0.5, 0.6) is 0 Å². The molecule has 0 fully saturated rings. The minimum absolute atomic E-state index is 0.739. The van der Waals surface area contributed by atoms with Gasteiger partial charge in [0.15, 0.2) is 6.04 Å². The zero-order valence-electron chi connectivity index (χ0n) is 10.4. The number of carboxylic acid groups (broad SMARTS) is 1. The van der Waals surface area contributed by atoms with E-state index in [0.717, 1.165) is 21.3 Å². The van der Waals surface area contributed by atoms with E-state index in [-0.39, 0.29) is 0 Å². The summed E-state index contributed by atoms with van der Waals surface area (Å²) in [5, 5.41) is 12.4. The van der Waals surface area contributed by atoms with Crippen LogP contribution in [0.15, 0.2) is 53.0 Å². The van der Waals surface area contributed by atoms with Crippen molar-refractivity contribution < 1.29 is 9.90 Å². The Kier molecular flexibility index (Phi) is 4.22. The van der Waals surface area contributed by atoms with Gasteiger partial charge in [-0.1, -0.05) is 42.0 Å². The summed E-state index contributed by atoms with van der Waals surface area (Å²) < 4.78 is 0.842. The van der Waals surface area contributed by atoms with Crippen molar-refractivity contribution in [2.24, 2.45) is 0 Å². The van der Waals surface area contributed by atoms with Gasteiger partial charge in [-0.25, -0.2) is 4.79 Å². The van der Waals surface area contributed by atoms with E-state index in [1.165, 1.54) is 0 Å². The first-order valence-electron chi connectivity index (χ1n) is 5.88. The summed E-state index contributed by atoms with van der Waals surface area (Å²) in [6, 6.07) is 14.2. The molecule has 0 saturated heterocycles. The molecule has 0 aromatic heterocycles. The monoisotopic (exact) mass is 319 g/mol. The smallest absolute Gasteiger partial charge is 0.330 e. The van der Waals surface area contributed by atoms with Crippen LogP contribution in [-0.2, 0) is 4.79 Å². The number of aliphatic carboxylic acids is 1. The number of benzene rings is 2. The Morgan fingerprint density at radius 1 is 1.21 bits per heavy atom. The zero-order chi connectivity index (χ0) is 13.8. The molecule has 19 heavy (non-hydrogen) atoms. The van der Waals surface area contributed by atoms with Crippen LogP contribution in [0.2, 0.25) is 0 Å². The van der Waals surface area contributed by atoms with Crippen molar-refractivity contribution in [1.29, 1.82) is 0 Å². The number of carboxylic acids is 1. The number of halogens is 1. The van der Waals surface area contributed by atoms with Crippen LogP contribution in [-0.4, -0.2) is 11.1 Å². The summed E-state index contributed by atoms with van der Waals surface area (Å²) in [4.78, 5) is 11.4. The minimum Gasteiger partial charge on any atom is -0.479 e. The third kappa shape index (κ3) is 3.35. The van der Waals surface area contributed by atoms with E-state index >= 15 is 0 Å². The van der Waals surface area contributed by atoms with E-state index in [1.54, 1.807) is 0 Å². The molecule has 2 aromatic rings. The molecular weight excluding hydrogens is 306 g/mol. The number of rotatable bonds is 4. The fourth-order valence-electron chi connectivity index (χ4n) is 1.87. The molecule has 2 N–H and O–H groups in total. The first kappa shape index (κ1) is 13.6. The van der Waals surface area contributed by atoms with Crippen LogP contribution >= 0.6 is 15.9 Å². The molecule has 0 radical (unpaired) electrons. The van der Waals surface area contributed by atoms with Crippen molar-refractivity contribution in [2.75, 3.05) is 5.32 Å². The maximum Gasteiger partial charge on any atom is 0.330 e. The van der Waals surface area contributed by atoms with Gasteiger partial charge >= 0.3 is 5.97 Å². The second-order valence-electron chi connectivity index (χ2n) is 4.31. The van der Waals surface area contributed by atoms with Gasteiger partial charge in [-0.15, -0.1) is 0 Å². The molecule has 2 aromatic carbocycles. The summed E-state index contributed by atoms with van der Waals surface area (Å²) in [5.41, 5.74) is 2.54. The van der Waals surface area contributed by atoms with Gasteiger partial charge in [-0.3, -0.25) is 0 Å². The largest absolute Gasteiger partial charge is 0.479 e. The molecule has 0 aliphatic heterocycles. The first-order valence-corrected chi connectivity index (χ1v) is 6.67. The van der Waals surface area contributed by atoms with Gasteiger partial charge in [0.1, 0.15) is 0 Å². The van der Waals surface area contributed by atoms with E-state index in [4.69, 9.17) is 0 Å². The molecule has 1 atom stereocenters. The predicted molar refractivity (Wildman–Crippen MR) is 79.3 cm³/mol. The van der Waals surface area contributed by atoms with Crippen LogP contribution in [0.4, 0.5) is 5.69 Å². The number of carbonyl (C=O) groups is 1. The van der Waals surface area contributed by atoms with Crippen molar-refractivity contribution in [3.8, 4) is 0 Å². The first-order chi connectivity index (χ1) is 9.08. The van der Waals surface area contributed by atoms with E-state index in [1.807, 2.05) is 55.5 Å². The fraction of sp³-hybridized carbons (Fsp3) is 0.133. The van der Waals surface area contributed by atoms with Gasteiger partial charge in [-0.2, -0.15) is 0 Å². The standard InChI is InChI=1S/C15H14BrNO2/c1-10-5-4-6-11(9-10)14(15(18)19)17-13-8-3-2-7-12(13)16/h2-9,14,17H,1H3,(H,18,19). The van der Waals surface area contributed by atoms with E-state index in [9.17, 15) is 9.90 Å². The fourth-order valence-corrected chi connectivity index (χ4v) is 2.27. The maximum absolute atomic E-state index is 11.4. The van der Waals surface area contributed by atoms with Crippen LogP contribution < -0.4 is 5.32 Å². The van der Waals surface area contributed by atoms with Crippen LogP contribution in [0.1, 0.15) is 17.2 Å². The van der Waals surface area contributed by atoms with Gasteiger partial charge in [0.2, 0.25) is 0 Å². The maximum atomic E-state index is 11.4. The average molecular weight is 320 g/mol. The Morgan fingerprint density at radius 3 is 2.58 bits per heavy atom. The summed E-state index contributed by atoms with van der Waals surface area (Å²) >= 11 is 3.41.